The number of Topliss-reactive ketones (excluding diaryl/α,β-unsaturated/α-hetero) is 1. The molecule has 0 fully saturated rings. The van der Waals surface area contributed by atoms with E-state index in [0.717, 1.165) is 21.9 Å². The molecule has 0 spiro atoms. The lowest BCUT2D eigenvalue weighted by atomic mass is 9.85. The normalized spacial score (nSPS) is 17.0. The summed E-state index contributed by atoms with van der Waals surface area (Å²) in [7, 11) is 5.08. The highest BCUT2D eigenvalue weighted by molar-refractivity contribution is 6.16. The van der Waals surface area contributed by atoms with Crippen LogP contribution in [0.2, 0.25) is 0 Å². The molecule has 1 unspecified atom stereocenters. The zero-order valence-electron chi connectivity index (χ0n) is 22.4. The Labute approximate surface area is 233 Å². The predicted molar refractivity (Wildman–Crippen MR) is 152 cm³/mol. The Morgan fingerprint density at radius 3 is 2.54 bits per heavy atom. The van der Waals surface area contributed by atoms with Crippen LogP contribution in [0.25, 0.3) is 27.9 Å². The molecule has 3 aromatic carbocycles. The van der Waals surface area contributed by atoms with E-state index >= 15 is 0 Å². The van der Waals surface area contributed by atoms with Gasteiger partial charge in [0.2, 0.25) is 5.78 Å². The van der Waals surface area contributed by atoms with Gasteiger partial charge in [0.15, 0.2) is 5.76 Å². The van der Waals surface area contributed by atoms with Crippen LogP contribution in [0.5, 0.6) is 23.0 Å². The molecule has 0 aliphatic carbocycles. The molecule has 0 saturated heterocycles. The number of aromatic amines is 1. The maximum atomic E-state index is 13.6. The molecule has 1 atom stereocenters. The first-order valence-electron chi connectivity index (χ1n) is 13.0. The minimum absolute atomic E-state index is 0.0755. The van der Waals surface area contributed by atoms with Gasteiger partial charge < -0.3 is 28.5 Å². The number of H-pyrrole nitrogens is 1. The number of pyridine rings is 1. The SMILES string of the molecule is COc1ccc2cc(C3CC(=O)Oc4ccc5c(c43)OC(=Cc3cn(C)c4ccc(OC)cc34)C5=O)c(=O)[nH]c2c1. The minimum Gasteiger partial charge on any atom is -0.497 e. The van der Waals surface area contributed by atoms with E-state index in [1.807, 2.05) is 42.1 Å². The van der Waals surface area contributed by atoms with Crippen molar-refractivity contribution >= 4 is 39.6 Å². The molecule has 4 heterocycles. The van der Waals surface area contributed by atoms with Gasteiger partial charge in [-0.1, -0.05) is 0 Å². The first kappa shape index (κ1) is 24.7. The Balaban J connectivity index is 1.35. The molecule has 0 bridgehead atoms. The zero-order chi connectivity index (χ0) is 28.4. The van der Waals surface area contributed by atoms with Crippen molar-refractivity contribution in [2.75, 3.05) is 14.2 Å². The molecule has 204 valence electrons. The quantitative estimate of drug-likeness (QED) is 0.189. The van der Waals surface area contributed by atoms with Gasteiger partial charge in [-0.25, -0.2) is 0 Å². The van der Waals surface area contributed by atoms with Crippen LogP contribution in [0, 0.1) is 0 Å². The number of ketones is 1. The highest BCUT2D eigenvalue weighted by atomic mass is 16.5. The van der Waals surface area contributed by atoms with Gasteiger partial charge in [-0.15, -0.1) is 0 Å². The second kappa shape index (κ2) is 9.12. The Morgan fingerprint density at radius 2 is 1.73 bits per heavy atom. The fourth-order valence-electron chi connectivity index (χ4n) is 5.74. The number of ether oxygens (including phenoxy) is 4. The highest BCUT2D eigenvalue weighted by Crippen LogP contribution is 2.48. The van der Waals surface area contributed by atoms with Crippen LogP contribution in [-0.4, -0.2) is 35.5 Å². The molecule has 2 aromatic heterocycles. The number of carbonyl (C=O) groups is 2. The topological polar surface area (TPSA) is 109 Å². The van der Waals surface area contributed by atoms with Crippen molar-refractivity contribution in [3.8, 4) is 23.0 Å². The number of benzene rings is 3. The molecule has 0 saturated carbocycles. The highest BCUT2D eigenvalue weighted by Gasteiger charge is 2.39. The maximum Gasteiger partial charge on any atom is 0.312 e. The Bertz CT molecular complexity index is 2030. The van der Waals surface area contributed by atoms with Crippen molar-refractivity contribution in [1.29, 1.82) is 0 Å². The molecular formula is C32H24N2O7. The molecule has 9 nitrogen and oxygen atoms in total. The average Bonchev–Trinajstić information content (AvgIpc) is 3.46. The van der Waals surface area contributed by atoms with Crippen LogP contribution in [0.1, 0.15) is 39.4 Å². The minimum atomic E-state index is -0.676. The van der Waals surface area contributed by atoms with Gasteiger partial charge in [0.1, 0.15) is 23.0 Å². The number of hydrogen-bond acceptors (Lipinski definition) is 7. The lowest BCUT2D eigenvalue weighted by molar-refractivity contribution is -0.135. The van der Waals surface area contributed by atoms with Crippen LogP contribution in [0.4, 0.5) is 0 Å². The standard InChI is InChI=1S/C32H24N2O7/c1-34-15-17(21-12-18(38-2)6-8-25(21)34)11-27-30(36)20-7-9-26-29(31(20)41-27)22(14-28(35)40-26)23-10-16-4-5-19(39-3)13-24(16)33-32(23)37/h4-13,15,22H,14H2,1-3H3,(H,33,37). The van der Waals surface area contributed by atoms with E-state index in [2.05, 4.69) is 4.98 Å². The van der Waals surface area contributed by atoms with Crippen molar-refractivity contribution in [1.82, 2.24) is 9.55 Å². The summed E-state index contributed by atoms with van der Waals surface area (Å²) < 4.78 is 24.4. The average molecular weight is 549 g/mol. The van der Waals surface area contributed by atoms with Crippen molar-refractivity contribution in [2.24, 2.45) is 7.05 Å². The van der Waals surface area contributed by atoms with Crippen molar-refractivity contribution in [3.63, 3.8) is 0 Å². The first-order valence-corrected chi connectivity index (χ1v) is 13.0. The summed E-state index contributed by atoms with van der Waals surface area (Å²) in [6.07, 6.45) is 3.55. The summed E-state index contributed by atoms with van der Waals surface area (Å²) in [5.74, 6) is 0.569. The first-order chi connectivity index (χ1) is 19.8. The number of methoxy groups -OCH3 is 2. The molecule has 5 aromatic rings. The van der Waals surface area contributed by atoms with E-state index in [1.165, 1.54) is 0 Å². The number of nitrogens with one attached hydrogen (secondary N) is 1. The Morgan fingerprint density at radius 1 is 0.951 bits per heavy atom. The number of nitrogens with zero attached hydrogens (tertiary/aromatic N) is 1. The molecule has 0 radical (unpaired) electrons. The second-order valence-corrected chi connectivity index (χ2v) is 10.1. The third-order valence-corrected chi connectivity index (χ3v) is 7.75. The zero-order valence-corrected chi connectivity index (χ0v) is 22.4. The van der Waals surface area contributed by atoms with Gasteiger partial charge in [-0.3, -0.25) is 14.4 Å². The smallest absolute Gasteiger partial charge is 0.312 e. The van der Waals surface area contributed by atoms with Crippen LogP contribution in [-0.2, 0) is 11.8 Å². The van der Waals surface area contributed by atoms with E-state index in [9.17, 15) is 14.4 Å². The van der Waals surface area contributed by atoms with Gasteiger partial charge in [-0.2, -0.15) is 0 Å². The number of fused-ring (bicyclic) bond motifs is 5. The van der Waals surface area contributed by atoms with Crippen LogP contribution >= 0.6 is 0 Å². The second-order valence-electron chi connectivity index (χ2n) is 10.1. The van der Waals surface area contributed by atoms with Gasteiger partial charge in [0.25, 0.3) is 5.56 Å². The van der Waals surface area contributed by atoms with Crippen molar-refractivity contribution < 1.29 is 28.5 Å². The molecule has 41 heavy (non-hydrogen) atoms. The lowest BCUT2D eigenvalue weighted by Gasteiger charge is -2.26. The van der Waals surface area contributed by atoms with Crippen LogP contribution < -0.4 is 24.5 Å². The summed E-state index contributed by atoms with van der Waals surface area (Å²) in [6.45, 7) is 0. The number of esters is 1. The van der Waals surface area contributed by atoms with E-state index in [4.69, 9.17) is 18.9 Å². The van der Waals surface area contributed by atoms with E-state index in [-0.39, 0.29) is 29.3 Å². The van der Waals surface area contributed by atoms with Gasteiger partial charge >= 0.3 is 5.97 Å². The van der Waals surface area contributed by atoms with Crippen molar-refractivity contribution in [3.05, 3.63) is 99.2 Å². The number of hydrogen-bond donors (Lipinski definition) is 1. The largest absolute Gasteiger partial charge is 0.497 e. The number of allylic oxidation sites excluding steroid dienone is 1. The Hall–Kier alpha value is -5.31. The van der Waals surface area contributed by atoms with Crippen molar-refractivity contribution in [2.45, 2.75) is 12.3 Å². The summed E-state index contributed by atoms with van der Waals surface area (Å²) >= 11 is 0. The number of aryl methyl sites for hydroxylation is 1. The number of rotatable bonds is 4. The third-order valence-electron chi connectivity index (χ3n) is 7.75. The lowest BCUT2D eigenvalue weighted by Crippen LogP contribution is -2.26. The van der Waals surface area contributed by atoms with Gasteiger partial charge in [-0.05, 0) is 60.0 Å². The van der Waals surface area contributed by atoms with E-state index < -0.39 is 11.9 Å². The van der Waals surface area contributed by atoms with Crippen LogP contribution in [0.3, 0.4) is 0 Å². The van der Waals surface area contributed by atoms with E-state index in [0.29, 0.717) is 39.5 Å². The molecule has 7 rings (SSSR count). The van der Waals surface area contributed by atoms with E-state index in [1.54, 1.807) is 50.6 Å². The molecular weight excluding hydrogens is 524 g/mol. The molecule has 9 heteroatoms. The van der Waals surface area contributed by atoms with Gasteiger partial charge in [0, 0.05) is 52.8 Å². The predicted octanol–water partition coefficient (Wildman–Crippen LogP) is 5.09. The molecule has 2 aliphatic heterocycles. The fraction of sp³-hybridized carbons (Fsp3) is 0.156. The van der Waals surface area contributed by atoms with Gasteiger partial charge in [0.05, 0.1) is 31.7 Å². The Kier molecular flexibility index (Phi) is 5.50. The monoisotopic (exact) mass is 548 g/mol. The number of carbonyl (C=O) groups excluding carboxylic acids is 2. The fourth-order valence-corrected chi connectivity index (χ4v) is 5.74. The maximum absolute atomic E-state index is 13.6. The third kappa shape index (κ3) is 3.88. The summed E-state index contributed by atoms with van der Waals surface area (Å²) in [4.78, 5) is 42.4. The molecule has 2 aliphatic rings. The summed E-state index contributed by atoms with van der Waals surface area (Å²) in [5, 5.41) is 1.68. The number of aromatic nitrogens is 2. The summed E-state index contributed by atoms with van der Waals surface area (Å²) in [5.41, 5.74) is 3.24. The molecule has 0 amide bonds. The van der Waals surface area contributed by atoms with Crippen LogP contribution in [0.15, 0.2) is 71.3 Å². The summed E-state index contributed by atoms with van der Waals surface area (Å²) in [6, 6.07) is 16.1. The molecule has 1 N–H and O–H groups in total.